The fourth-order valence-electron chi connectivity index (χ4n) is 3.42. The molecule has 1 aromatic heterocycles. The van der Waals surface area contributed by atoms with Crippen molar-refractivity contribution < 1.29 is 5.11 Å². The highest BCUT2D eigenvalue weighted by atomic mass is 16.3. The van der Waals surface area contributed by atoms with E-state index < -0.39 is 0 Å². The number of aromatic nitrogens is 1. The molecule has 0 bridgehead atoms. The fourth-order valence-corrected chi connectivity index (χ4v) is 3.42. The van der Waals surface area contributed by atoms with Crippen molar-refractivity contribution in [3.63, 3.8) is 0 Å². The molecule has 0 unspecified atom stereocenters. The molecule has 0 atom stereocenters. The van der Waals surface area contributed by atoms with E-state index in [9.17, 15) is 5.11 Å². The first-order chi connectivity index (χ1) is 11.3. The highest BCUT2D eigenvalue weighted by Gasteiger charge is 2.10. The predicted molar refractivity (Wildman–Crippen MR) is 98.7 cm³/mol. The van der Waals surface area contributed by atoms with Crippen molar-refractivity contribution in [3.05, 3.63) is 36.5 Å². The third-order valence-electron chi connectivity index (χ3n) is 4.80. The summed E-state index contributed by atoms with van der Waals surface area (Å²) in [6, 6.07) is 9.13. The second-order valence-corrected chi connectivity index (χ2v) is 6.71. The van der Waals surface area contributed by atoms with Crippen LogP contribution in [-0.4, -0.2) is 10.1 Å². The number of phenols is 1. The van der Waals surface area contributed by atoms with Crippen LogP contribution in [0.3, 0.4) is 0 Å². The van der Waals surface area contributed by atoms with E-state index in [1.807, 2.05) is 18.2 Å². The molecule has 1 aromatic carbocycles. The summed E-state index contributed by atoms with van der Waals surface area (Å²) in [6.07, 6.45) is 16.6. The lowest BCUT2D eigenvalue weighted by atomic mass is 9.94. The Balaban J connectivity index is 0.000000167. The first kappa shape index (κ1) is 17.8. The van der Waals surface area contributed by atoms with Crippen molar-refractivity contribution in [1.29, 1.82) is 0 Å². The predicted octanol–water partition coefficient (Wildman–Crippen LogP) is 6.48. The van der Waals surface area contributed by atoms with Gasteiger partial charge >= 0.3 is 0 Å². The number of aromatic hydroxyl groups is 1. The smallest absolute Gasteiger partial charge is 0.141 e. The lowest BCUT2D eigenvalue weighted by molar-refractivity contribution is 0.409. The molecule has 1 saturated carbocycles. The summed E-state index contributed by atoms with van der Waals surface area (Å²) in [4.78, 5) is 4.03. The SMILES string of the molecule is CCCCCC1CCCCCC1.Oc1cccc2cccnc12. The fraction of sp³-hybridized carbons (Fsp3) is 0.571. The summed E-state index contributed by atoms with van der Waals surface area (Å²) in [5.41, 5.74) is 0.662. The van der Waals surface area contributed by atoms with Gasteiger partial charge in [-0.1, -0.05) is 89.3 Å². The third kappa shape index (κ3) is 6.21. The van der Waals surface area contributed by atoms with Crippen LogP contribution < -0.4 is 0 Å². The van der Waals surface area contributed by atoms with Crippen molar-refractivity contribution in [2.45, 2.75) is 71.1 Å². The number of hydrogen-bond donors (Lipinski definition) is 1. The summed E-state index contributed by atoms with van der Waals surface area (Å²) in [5.74, 6) is 1.34. The largest absolute Gasteiger partial charge is 0.506 e. The average Bonchev–Trinajstić information content (AvgIpc) is 2.85. The number of fused-ring (bicyclic) bond motifs is 1. The van der Waals surface area contributed by atoms with Gasteiger partial charge in [0.05, 0.1) is 0 Å². The molecule has 2 aromatic rings. The molecule has 0 radical (unpaired) electrons. The Labute approximate surface area is 141 Å². The molecule has 1 aliphatic rings. The van der Waals surface area contributed by atoms with Gasteiger partial charge in [-0.05, 0) is 18.1 Å². The lowest BCUT2D eigenvalue weighted by Crippen LogP contribution is -1.97. The van der Waals surface area contributed by atoms with E-state index in [-0.39, 0.29) is 5.75 Å². The molecule has 0 saturated heterocycles. The highest BCUT2D eigenvalue weighted by Crippen LogP contribution is 2.26. The summed E-state index contributed by atoms with van der Waals surface area (Å²) >= 11 is 0. The number of unbranched alkanes of at least 4 members (excludes halogenated alkanes) is 2. The molecule has 1 fully saturated rings. The van der Waals surface area contributed by atoms with Crippen molar-refractivity contribution in [1.82, 2.24) is 4.98 Å². The highest BCUT2D eigenvalue weighted by molar-refractivity contribution is 5.83. The van der Waals surface area contributed by atoms with Crippen LogP contribution in [0.2, 0.25) is 0 Å². The zero-order chi connectivity index (χ0) is 16.3. The van der Waals surface area contributed by atoms with Crippen LogP contribution in [0.25, 0.3) is 10.9 Å². The van der Waals surface area contributed by atoms with E-state index in [1.54, 1.807) is 18.3 Å². The van der Waals surface area contributed by atoms with Crippen LogP contribution in [0.5, 0.6) is 5.75 Å². The molecular formula is C21H31NO. The minimum atomic E-state index is 0.239. The van der Waals surface area contributed by atoms with Gasteiger partial charge < -0.3 is 5.11 Å². The van der Waals surface area contributed by atoms with Gasteiger partial charge in [-0.2, -0.15) is 0 Å². The van der Waals surface area contributed by atoms with Gasteiger partial charge in [-0.15, -0.1) is 0 Å². The monoisotopic (exact) mass is 313 g/mol. The van der Waals surface area contributed by atoms with Crippen LogP contribution in [0.4, 0.5) is 0 Å². The molecule has 1 N–H and O–H groups in total. The van der Waals surface area contributed by atoms with E-state index >= 15 is 0 Å². The third-order valence-corrected chi connectivity index (χ3v) is 4.80. The number of pyridine rings is 1. The van der Waals surface area contributed by atoms with Gasteiger partial charge in [0, 0.05) is 11.6 Å². The molecule has 0 amide bonds. The maximum atomic E-state index is 9.31. The Hall–Kier alpha value is -1.57. The van der Waals surface area contributed by atoms with E-state index in [2.05, 4.69) is 11.9 Å². The van der Waals surface area contributed by atoms with Crippen LogP contribution in [0.15, 0.2) is 36.5 Å². The van der Waals surface area contributed by atoms with E-state index in [4.69, 9.17) is 0 Å². The minimum Gasteiger partial charge on any atom is -0.506 e. The zero-order valence-electron chi connectivity index (χ0n) is 14.5. The van der Waals surface area contributed by atoms with Gasteiger partial charge in [0.1, 0.15) is 11.3 Å². The molecule has 126 valence electrons. The molecule has 2 nitrogen and oxygen atoms in total. The molecule has 3 rings (SSSR count). The van der Waals surface area contributed by atoms with Gasteiger partial charge in [0.15, 0.2) is 0 Å². The summed E-state index contributed by atoms with van der Waals surface area (Å²) in [7, 11) is 0. The zero-order valence-corrected chi connectivity index (χ0v) is 14.5. The Morgan fingerprint density at radius 2 is 1.74 bits per heavy atom. The Kier molecular flexibility index (Phi) is 7.92. The molecule has 23 heavy (non-hydrogen) atoms. The van der Waals surface area contributed by atoms with E-state index in [0.717, 1.165) is 11.3 Å². The van der Waals surface area contributed by atoms with Crippen LogP contribution in [-0.2, 0) is 0 Å². The molecule has 2 heteroatoms. The van der Waals surface area contributed by atoms with Gasteiger partial charge in [0.25, 0.3) is 0 Å². The second kappa shape index (κ2) is 10.3. The maximum absolute atomic E-state index is 9.31. The number of nitrogens with zero attached hydrogens (tertiary/aromatic N) is 1. The molecule has 0 spiro atoms. The maximum Gasteiger partial charge on any atom is 0.141 e. The van der Waals surface area contributed by atoms with Crippen molar-refractivity contribution >= 4 is 10.9 Å². The first-order valence-corrected chi connectivity index (χ1v) is 9.34. The molecule has 1 heterocycles. The number of phenolic OH excluding ortho intramolecular Hbond substituents is 1. The molecule has 0 aliphatic heterocycles. The van der Waals surface area contributed by atoms with Crippen LogP contribution >= 0.6 is 0 Å². The topological polar surface area (TPSA) is 33.1 Å². The first-order valence-electron chi connectivity index (χ1n) is 9.34. The lowest BCUT2D eigenvalue weighted by Gasteiger charge is -2.12. The minimum absolute atomic E-state index is 0.239. The van der Waals surface area contributed by atoms with E-state index in [0.29, 0.717) is 5.52 Å². The van der Waals surface area contributed by atoms with Crippen LogP contribution in [0, 0.1) is 5.92 Å². The Morgan fingerprint density at radius 1 is 1.00 bits per heavy atom. The second-order valence-electron chi connectivity index (χ2n) is 6.71. The summed E-state index contributed by atoms with van der Waals surface area (Å²) in [6.45, 7) is 2.30. The van der Waals surface area contributed by atoms with E-state index in [1.165, 1.54) is 64.2 Å². The Bertz CT molecular complexity index is 553. The number of para-hydroxylation sites is 1. The van der Waals surface area contributed by atoms with Crippen molar-refractivity contribution in [2.75, 3.05) is 0 Å². The number of rotatable bonds is 4. The average molecular weight is 313 g/mol. The van der Waals surface area contributed by atoms with Gasteiger partial charge in [-0.3, -0.25) is 4.98 Å². The van der Waals surface area contributed by atoms with Crippen LogP contribution in [0.1, 0.15) is 71.1 Å². The molecular weight excluding hydrogens is 282 g/mol. The van der Waals surface area contributed by atoms with Gasteiger partial charge in [-0.25, -0.2) is 0 Å². The van der Waals surface area contributed by atoms with Gasteiger partial charge in [0.2, 0.25) is 0 Å². The number of hydrogen-bond acceptors (Lipinski definition) is 2. The van der Waals surface area contributed by atoms with Crippen molar-refractivity contribution in [3.8, 4) is 5.75 Å². The normalized spacial score (nSPS) is 15.7. The standard InChI is InChI=1S/C12H24.C9H7NO/c1-2-3-6-9-12-10-7-4-5-8-11-12;11-8-5-1-3-7-4-2-6-10-9(7)8/h12H,2-11H2,1H3;1-6,11H. The number of benzene rings is 1. The summed E-state index contributed by atoms with van der Waals surface area (Å²) in [5, 5.41) is 10.3. The van der Waals surface area contributed by atoms with Crippen molar-refractivity contribution in [2.24, 2.45) is 5.92 Å². The summed E-state index contributed by atoms with van der Waals surface area (Å²) < 4.78 is 0. The Morgan fingerprint density at radius 3 is 2.43 bits per heavy atom. The quantitative estimate of drug-likeness (QED) is 0.518. The molecule has 1 aliphatic carbocycles.